The van der Waals surface area contributed by atoms with Crippen LogP contribution in [0.4, 0.5) is 0 Å². The van der Waals surface area contributed by atoms with Crippen LogP contribution in [0.1, 0.15) is 63.0 Å². The maximum absolute atomic E-state index is 12.1. The zero-order valence-corrected chi connectivity index (χ0v) is 16.7. The standard InChI is InChI=1S/C24H32O3/c1-3-4-5-6-10-13-22(25)16-14-20-15-17-23(24(18-20)26-2)27-19-21-11-8-7-9-12-21/h7-9,11-12,15,17-18H,3-6,10,13-14,16,19H2,1-2H3. The molecule has 0 fully saturated rings. The van der Waals surface area contributed by atoms with Crippen LogP contribution in [0.25, 0.3) is 0 Å². The van der Waals surface area contributed by atoms with E-state index in [4.69, 9.17) is 9.47 Å². The lowest BCUT2D eigenvalue weighted by Crippen LogP contribution is -2.01. The number of rotatable bonds is 13. The minimum atomic E-state index is 0.356. The maximum atomic E-state index is 12.1. The Morgan fingerprint density at radius 3 is 2.37 bits per heavy atom. The molecular formula is C24H32O3. The fourth-order valence-corrected chi connectivity index (χ4v) is 3.06. The number of hydrogen-bond acceptors (Lipinski definition) is 3. The molecule has 0 aliphatic carbocycles. The number of aryl methyl sites for hydroxylation is 1. The van der Waals surface area contributed by atoms with Gasteiger partial charge in [0.25, 0.3) is 0 Å². The highest BCUT2D eigenvalue weighted by Crippen LogP contribution is 2.29. The van der Waals surface area contributed by atoms with Crippen LogP contribution >= 0.6 is 0 Å². The highest BCUT2D eigenvalue weighted by Gasteiger charge is 2.08. The maximum Gasteiger partial charge on any atom is 0.161 e. The second-order valence-electron chi connectivity index (χ2n) is 6.96. The quantitative estimate of drug-likeness (QED) is 0.399. The summed E-state index contributed by atoms with van der Waals surface area (Å²) in [6, 6.07) is 16.0. The zero-order valence-electron chi connectivity index (χ0n) is 16.7. The van der Waals surface area contributed by atoms with Gasteiger partial charge in [-0.25, -0.2) is 0 Å². The largest absolute Gasteiger partial charge is 0.493 e. The molecule has 3 heteroatoms. The number of Topliss-reactive ketones (excluding diaryl/α,β-unsaturated/α-hetero) is 1. The first-order chi connectivity index (χ1) is 13.2. The third kappa shape index (κ3) is 7.86. The van der Waals surface area contributed by atoms with Crippen LogP contribution in [0.3, 0.4) is 0 Å². The Hall–Kier alpha value is -2.29. The molecule has 2 rings (SSSR count). The molecule has 0 aliphatic heterocycles. The van der Waals surface area contributed by atoms with Gasteiger partial charge >= 0.3 is 0 Å². The molecular weight excluding hydrogens is 336 g/mol. The first-order valence-electron chi connectivity index (χ1n) is 10.1. The Morgan fingerprint density at radius 1 is 0.852 bits per heavy atom. The number of methoxy groups -OCH3 is 1. The Bertz CT molecular complexity index is 679. The van der Waals surface area contributed by atoms with Gasteiger partial charge in [0.2, 0.25) is 0 Å². The average molecular weight is 369 g/mol. The SMILES string of the molecule is CCCCCCCC(=O)CCc1ccc(OCc2ccccc2)c(OC)c1. The molecule has 0 aliphatic rings. The van der Waals surface area contributed by atoms with E-state index >= 15 is 0 Å². The number of ketones is 1. The molecule has 0 radical (unpaired) electrons. The molecule has 0 saturated carbocycles. The Balaban J connectivity index is 1.79. The third-order valence-electron chi connectivity index (χ3n) is 4.72. The van der Waals surface area contributed by atoms with E-state index in [9.17, 15) is 4.79 Å². The second-order valence-corrected chi connectivity index (χ2v) is 6.96. The molecule has 0 N–H and O–H groups in total. The summed E-state index contributed by atoms with van der Waals surface area (Å²) in [6.45, 7) is 2.71. The minimum Gasteiger partial charge on any atom is -0.493 e. The van der Waals surface area contributed by atoms with Gasteiger partial charge in [0.1, 0.15) is 12.4 Å². The average Bonchev–Trinajstić information content (AvgIpc) is 2.71. The molecule has 2 aromatic rings. The van der Waals surface area contributed by atoms with E-state index in [1.807, 2.05) is 48.5 Å². The normalized spacial score (nSPS) is 10.6. The number of hydrogen-bond donors (Lipinski definition) is 0. The minimum absolute atomic E-state index is 0.356. The lowest BCUT2D eigenvalue weighted by molar-refractivity contribution is -0.119. The van der Waals surface area contributed by atoms with Gasteiger partial charge in [0.05, 0.1) is 7.11 Å². The van der Waals surface area contributed by atoms with Gasteiger partial charge in [-0.1, -0.05) is 69.0 Å². The van der Waals surface area contributed by atoms with E-state index in [-0.39, 0.29) is 0 Å². The zero-order chi connectivity index (χ0) is 19.3. The van der Waals surface area contributed by atoms with E-state index in [2.05, 4.69) is 6.92 Å². The highest BCUT2D eigenvalue weighted by molar-refractivity contribution is 5.78. The topological polar surface area (TPSA) is 35.5 Å². The summed E-state index contributed by atoms with van der Waals surface area (Å²) in [6.07, 6.45) is 8.00. The van der Waals surface area contributed by atoms with Crippen molar-refractivity contribution in [2.75, 3.05) is 7.11 Å². The van der Waals surface area contributed by atoms with Crippen molar-refractivity contribution >= 4 is 5.78 Å². The van der Waals surface area contributed by atoms with Gasteiger partial charge in [-0.2, -0.15) is 0 Å². The molecule has 0 saturated heterocycles. The summed E-state index contributed by atoms with van der Waals surface area (Å²) >= 11 is 0. The van der Waals surface area contributed by atoms with Crippen LogP contribution in [0, 0.1) is 0 Å². The molecule has 0 atom stereocenters. The van der Waals surface area contributed by atoms with Crippen molar-refractivity contribution in [2.45, 2.75) is 64.9 Å². The first-order valence-corrected chi connectivity index (χ1v) is 10.1. The fraction of sp³-hybridized carbons (Fsp3) is 0.458. The molecule has 3 nitrogen and oxygen atoms in total. The van der Waals surface area contributed by atoms with Gasteiger partial charge in [-0.3, -0.25) is 4.79 Å². The van der Waals surface area contributed by atoms with Gasteiger partial charge in [-0.05, 0) is 36.1 Å². The summed E-state index contributed by atoms with van der Waals surface area (Å²) in [5, 5.41) is 0. The molecule has 0 unspecified atom stereocenters. The molecule has 0 bridgehead atoms. The summed E-state index contributed by atoms with van der Waals surface area (Å²) < 4.78 is 11.4. The smallest absolute Gasteiger partial charge is 0.161 e. The van der Waals surface area contributed by atoms with E-state index in [1.165, 1.54) is 25.7 Å². The van der Waals surface area contributed by atoms with Gasteiger partial charge in [0.15, 0.2) is 11.5 Å². The predicted octanol–water partition coefficient (Wildman–Crippen LogP) is 6.14. The number of unbranched alkanes of at least 4 members (excludes halogenated alkanes) is 4. The first kappa shape index (κ1) is 21.0. The third-order valence-corrected chi connectivity index (χ3v) is 4.72. The van der Waals surface area contributed by atoms with Gasteiger partial charge in [-0.15, -0.1) is 0 Å². The Morgan fingerprint density at radius 2 is 1.63 bits per heavy atom. The van der Waals surface area contributed by atoms with Gasteiger partial charge in [0, 0.05) is 12.8 Å². The second kappa shape index (κ2) is 12.2. The number of carbonyl (C=O) groups excluding carboxylic acids is 1. The predicted molar refractivity (Wildman–Crippen MR) is 110 cm³/mol. The Labute approximate surface area is 163 Å². The molecule has 27 heavy (non-hydrogen) atoms. The van der Waals surface area contributed by atoms with Crippen molar-refractivity contribution < 1.29 is 14.3 Å². The van der Waals surface area contributed by atoms with Crippen molar-refractivity contribution in [1.82, 2.24) is 0 Å². The summed E-state index contributed by atoms with van der Waals surface area (Å²) in [4.78, 5) is 12.1. The summed E-state index contributed by atoms with van der Waals surface area (Å²) in [7, 11) is 1.65. The number of benzene rings is 2. The van der Waals surface area contributed by atoms with E-state index in [1.54, 1.807) is 7.11 Å². The lowest BCUT2D eigenvalue weighted by Gasteiger charge is -2.12. The fourth-order valence-electron chi connectivity index (χ4n) is 3.06. The van der Waals surface area contributed by atoms with Gasteiger partial charge < -0.3 is 9.47 Å². The number of carbonyl (C=O) groups is 1. The van der Waals surface area contributed by atoms with Crippen LogP contribution in [-0.4, -0.2) is 12.9 Å². The molecule has 2 aromatic carbocycles. The monoisotopic (exact) mass is 368 g/mol. The van der Waals surface area contributed by atoms with Crippen LogP contribution in [0.15, 0.2) is 48.5 Å². The van der Waals surface area contributed by atoms with Crippen molar-refractivity contribution in [3.8, 4) is 11.5 Å². The van der Waals surface area contributed by atoms with E-state index < -0.39 is 0 Å². The van der Waals surface area contributed by atoms with Crippen LogP contribution in [-0.2, 0) is 17.8 Å². The van der Waals surface area contributed by atoms with Crippen LogP contribution in [0.2, 0.25) is 0 Å². The molecule has 0 spiro atoms. The van der Waals surface area contributed by atoms with E-state index in [0.717, 1.165) is 35.5 Å². The van der Waals surface area contributed by atoms with Crippen molar-refractivity contribution in [1.29, 1.82) is 0 Å². The van der Waals surface area contributed by atoms with Crippen molar-refractivity contribution in [3.05, 3.63) is 59.7 Å². The molecule has 146 valence electrons. The Kier molecular flexibility index (Phi) is 9.47. The van der Waals surface area contributed by atoms with Crippen molar-refractivity contribution in [3.63, 3.8) is 0 Å². The summed E-state index contributed by atoms with van der Waals surface area (Å²) in [5.41, 5.74) is 2.23. The molecule has 0 heterocycles. The van der Waals surface area contributed by atoms with Crippen LogP contribution < -0.4 is 9.47 Å². The highest BCUT2D eigenvalue weighted by atomic mass is 16.5. The lowest BCUT2D eigenvalue weighted by atomic mass is 10.0. The summed E-state index contributed by atoms with van der Waals surface area (Å²) in [5.74, 6) is 1.80. The van der Waals surface area contributed by atoms with Crippen molar-refractivity contribution in [2.24, 2.45) is 0 Å². The molecule has 0 aromatic heterocycles. The number of ether oxygens (including phenoxy) is 2. The van der Waals surface area contributed by atoms with E-state index in [0.29, 0.717) is 25.2 Å². The molecule has 0 amide bonds. The van der Waals surface area contributed by atoms with Crippen LogP contribution in [0.5, 0.6) is 11.5 Å².